The van der Waals surface area contributed by atoms with Crippen molar-refractivity contribution in [3.63, 3.8) is 0 Å². The molecule has 0 heterocycles. The molecule has 0 saturated heterocycles. The zero-order valence-corrected chi connectivity index (χ0v) is 31.7. The molecule has 218 valence electrons. The van der Waals surface area contributed by atoms with Crippen LogP contribution in [0.25, 0.3) is 16.0 Å². The van der Waals surface area contributed by atoms with Crippen molar-refractivity contribution < 1.29 is 36.3 Å². The summed E-state index contributed by atoms with van der Waals surface area (Å²) in [5.41, 5.74) is 0. The Kier molecular flexibility index (Phi) is 33.6. The SMILES string of the molecule is CC(C)C[N-]CC(C)C.CC(C)C[N-]CC(C)C.CC(C)C[N-]CC(C)C.[F][Ge]([F])([F])[c-]1cccc1.[Hf+4]. The molecule has 0 atom stereocenters. The van der Waals surface area contributed by atoms with E-state index in [4.69, 9.17) is 0 Å². The number of rotatable bonds is 13. The van der Waals surface area contributed by atoms with Gasteiger partial charge in [0.2, 0.25) is 0 Å². The van der Waals surface area contributed by atoms with Crippen LogP contribution >= 0.6 is 0 Å². The van der Waals surface area contributed by atoms with Crippen LogP contribution in [-0.4, -0.2) is 53.9 Å². The van der Waals surface area contributed by atoms with Crippen LogP contribution in [-0.2, 0) is 25.8 Å². The van der Waals surface area contributed by atoms with Crippen molar-refractivity contribution in [2.45, 2.75) is 83.1 Å². The van der Waals surface area contributed by atoms with Gasteiger partial charge in [-0.2, -0.15) is 0 Å². The van der Waals surface area contributed by atoms with E-state index in [-0.39, 0.29) is 25.8 Å². The summed E-state index contributed by atoms with van der Waals surface area (Å²) in [7, 11) is 0. The Morgan fingerprint density at radius 2 is 0.676 bits per heavy atom. The molecule has 37 heavy (non-hydrogen) atoms. The number of nitrogens with zero attached hydrogens (tertiary/aromatic N) is 3. The Bertz CT molecular complexity index is 480. The van der Waals surface area contributed by atoms with Gasteiger partial charge in [-0.15, -0.1) is 39.3 Å². The van der Waals surface area contributed by atoms with Gasteiger partial charge in [0.1, 0.15) is 0 Å². The van der Waals surface area contributed by atoms with Gasteiger partial charge in [0.25, 0.3) is 0 Å². The Morgan fingerprint density at radius 1 is 0.486 bits per heavy atom. The van der Waals surface area contributed by atoms with E-state index >= 15 is 0 Å². The molecule has 1 aromatic carbocycles. The summed E-state index contributed by atoms with van der Waals surface area (Å²) < 4.78 is 35.0. The maximum atomic E-state index is 11.8. The normalized spacial score (nSPS) is 11.2. The summed E-state index contributed by atoms with van der Waals surface area (Å²) in [5, 5.41) is 13.1. The standard InChI is InChI=1S/3C8H18N.C5H4F3Ge.Hf/c3*1-7(2)5-9-6-8(3)4;6-9(7,8)5-3-1-2-4-5;/h3*7-8H,5-6H2,1-4H3;1-4H;/q4*-1;+4. The van der Waals surface area contributed by atoms with Crippen LogP contribution in [0.3, 0.4) is 0 Å². The van der Waals surface area contributed by atoms with Crippen molar-refractivity contribution in [3.05, 3.63) is 40.2 Å². The maximum Gasteiger partial charge on any atom is 4.00 e. The van der Waals surface area contributed by atoms with Crippen molar-refractivity contribution in [2.24, 2.45) is 35.5 Å². The van der Waals surface area contributed by atoms with E-state index in [1.165, 1.54) is 12.1 Å². The van der Waals surface area contributed by atoms with E-state index in [2.05, 4.69) is 99.0 Å². The van der Waals surface area contributed by atoms with Crippen LogP contribution in [0.2, 0.25) is 0 Å². The van der Waals surface area contributed by atoms with Crippen LogP contribution in [0.15, 0.2) is 24.3 Å². The molecule has 1 aromatic rings. The second-order valence-electron chi connectivity index (χ2n) is 11.8. The molecule has 8 heteroatoms. The van der Waals surface area contributed by atoms with E-state index in [1.54, 1.807) is 0 Å². The van der Waals surface area contributed by atoms with Gasteiger partial charge in [-0.25, -0.2) is 0 Å². The molecule has 0 bridgehead atoms. The van der Waals surface area contributed by atoms with E-state index in [9.17, 15) is 10.5 Å². The molecule has 0 aromatic heterocycles. The Balaban J connectivity index is -0.000000194. The van der Waals surface area contributed by atoms with Gasteiger partial charge in [-0.05, 0) is 0 Å². The predicted octanol–water partition coefficient (Wildman–Crippen LogP) is 9.47. The molecule has 0 N–H and O–H groups in total. The fourth-order valence-corrected chi connectivity index (χ4v) is 3.53. The first-order chi connectivity index (χ1) is 16.5. The van der Waals surface area contributed by atoms with Crippen molar-refractivity contribution >= 4 is 19.1 Å². The molecule has 3 nitrogen and oxygen atoms in total. The molecule has 0 aliphatic rings. The van der Waals surface area contributed by atoms with Gasteiger partial charge < -0.3 is 16.0 Å². The van der Waals surface area contributed by atoms with Crippen LogP contribution < -0.4 is 4.40 Å². The van der Waals surface area contributed by atoms with Crippen LogP contribution in [0.5, 0.6) is 0 Å². The predicted molar refractivity (Wildman–Crippen MR) is 159 cm³/mol. The fourth-order valence-electron chi connectivity index (χ4n) is 2.34. The molecule has 0 unspecified atom stereocenters. The number of halogens is 3. The topological polar surface area (TPSA) is 42.3 Å². The number of hydrogen-bond donors (Lipinski definition) is 0. The van der Waals surface area contributed by atoms with Crippen molar-refractivity contribution in [1.82, 2.24) is 0 Å². The summed E-state index contributed by atoms with van der Waals surface area (Å²) in [6.45, 7) is 32.5. The van der Waals surface area contributed by atoms with Gasteiger partial charge in [0.15, 0.2) is 0 Å². The Morgan fingerprint density at radius 3 is 0.784 bits per heavy atom. The summed E-state index contributed by atoms with van der Waals surface area (Å²) >= 11 is -5.94. The monoisotopic (exact) mass is 759 g/mol. The average Bonchev–Trinajstić information content (AvgIpc) is 3.23. The summed E-state index contributed by atoms with van der Waals surface area (Å²) in [5.74, 6) is 4.35. The summed E-state index contributed by atoms with van der Waals surface area (Å²) in [4.78, 5) is 0. The van der Waals surface area contributed by atoms with Gasteiger partial charge in [-0.1, -0.05) is 119 Å². The minimum atomic E-state index is -5.94. The first-order valence-corrected chi connectivity index (χ1v) is 17.1. The second-order valence-corrected chi connectivity index (χ2v) is 15.1. The molecule has 0 amide bonds. The molecule has 0 radical (unpaired) electrons. The van der Waals surface area contributed by atoms with Crippen LogP contribution in [0.1, 0.15) is 83.1 Å². The van der Waals surface area contributed by atoms with E-state index in [0.29, 0.717) is 0 Å². The first-order valence-electron chi connectivity index (χ1n) is 13.7. The number of hydrogen-bond acceptors (Lipinski definition) is 0. The molecule has 0 fully saturated rings. The van der Waals surface area contributed by atoms with Gasteiger partial charge in [0, 0.05) is 0 Å². The molecule has 0 spiro atoms. The molecule has 0 saturated carbocycles. The van der Waals surface area contributed by atoms with Gasteiger partial charge in [0.05, 0.1) is 0 Å². The van der Waals surface area contributed by atoms with E-state index < -0.39 is 19.1 Å². The van der Waals surface area contributed by atoms with E-state index in [1.807, 2.05) is 0 Å². The van der Waals surface area contributed by atoms with Gasteiger partial charge >= 0.3 is 79.7 Å². The quantitative estimate of drug-likeness (QED) is 0.142. The third-order valence-corrected chi connectivity index (χ3v) is 6.03. The zero-order chi connectivity index (χ0) is 28.7. The third kappa shape index (κ3) is 43.7. The third-order valence-electron chi connectivity index (χ3n) is 3.96. The Labute approximate surface area is 252 Å². The van der Waals surface area contributed by atoms with Gasteiger partial charge in [-0.3, -0.25) is 0 Å². The van der Waals surface area contributed by atoms with Crippen LogP contribution in [0.4, 0.5) is 10.5 Å². The van der Waals surface area contributed by atoms with Crippen molar-refractivity contribution in [3.8, 4) is 0 Å². The van der Waals surface area contributed by atoms with E-state index in [0.717, 1.165) is 86.9 Å². The van der Waals surface area contributed by atoms with Crippen molar-refractivity contribution in [2.75, 3.05) is 39.3 Å². The minimum Gasteiger partial charge on any atom is 4.00 e. The van der Waals surface area contributed by atoms with Crippen LogP contribution in [0, 0.1) is 35.5 Å². The second kappa shape index (κ2) is 28.0. The fraction of sp³-hybridized carbons (Fsp3) is 0.828. The maximum absolute atomic E-state index is 11.8. The summed E-state index contributed by atoms with van der Waals surface area (Å²) in [6.07, 6.45) is 0. The zero-order valence-electron chi connectivity index (χ0n) is 26.0. The molecule has 0 aliphatic carbocycles. The summed E-state index contributed by atoms with van der Waals surface area (Å²) in [6, 6.07) is 5.07. The molecule has 1 rings (SSSR count). The largest absolute Gasteiger partial charge is 4.00 e. The molecular formula is C29H58F3GeHfN3. The first kappa shape index (κ1) is 44.5. The Hall–Kier alpha value is 0.433. The average molecular weight is 757 g/mol. The van der Waals surface area contributed by atoms with Crippen molar-refractivity contribution in [1.29, 1.82) is 0 Å². The smallest absolute Gasteiger partial charge is 4.00 e. The molecular weight excluding hydrogens is 698 g/mol. The molecule has 0 aliphatic heterocycles. The minimum absolute atomic E-state index is 0.